The molecule has 6 nitrogen and oxygen atoms in total. The first-order valence-corrected chi connectivity index (χ1v) is 8.47. The molecule has 0 aromatic heterocycles. The zero-order valence-electron chi connectivity index (χ0n) is 14.4. The first-order chi connectivity index (χ1) is 11.9. The number of esters is 2. The van der Waals surface area contributed by atoms with E-state index in [-0.39, 0.29) is 36.6 Å². The monoisotopic (exact) mass is 346 g/mol. The largest absolute Gasteiger partial charge is 0.461 e. The van der Waals surface area contributed by atoms with E-state index in [0.29, 0.717) is 24.0 Å². The zero-order chi connectivity index (χ0) is 18.1. The summed E-state index contributed by atoms with van der Waals surface area (Å²) in [6, 6.07) is 0. The van der Waals surface area contributed by atoms with E-state index < -0.39 is 12.1 Å². The van der Waals surface area contributed by atoms with Gasteiger partial charge in [-0.25, -0.2) is 4.79 Å². The molecule has 4 atom stereocenters. The lowest BCUT2D eigenvalue weighted by molar-refractivity contribution is -0.146. The summed E-state index contributed by atoms with van der Waals surface area (Å²) >= 11 is 0. The molecule has 0 bridgehead atoms. The lowest BCUT2D eigenvalue weighted by atomic mass is 9.88. The Labute approximate surface area is 146 Å². The number of carbonyl (C=O) groups excluding carboxylic acids is 3. The van der Waals surface area contributed by atoms with Crippen molar-refractivity contribution in [2.24, 2.45) is 11.8 Å². The van der Waals surface area contributed by atoms with Crippen molar-refractivity contribution in [3.8, 4) is 0 Å². The van der Waals surface area contributed by atoms with Gasteiger partial charge in [0.2, 0.25) is 0 Å². The van der Waals surface area contributed by atoms with Gasteiger partial charge in [-0.3, -0.25) is 9.59 Å². The average Bonchev–Trinajstić information content (AvgIpc) is 3.28. The summed E-state index contributed by atoms with van der Waals surface area (Å²) in [5.74, 6) is -1.09. The van der Waals surface area contributed by atoms with Crippen molar-refractivity contribution in [3.05, 3.63) is 35.5 Å². The van der Waals surface area contributed by atoms with Gasteiger partial charge < -0.3 is 14.2 Å². The lowest BCUT2D eigenvalue weighted by Crippen LogP contribution is -2.20. The van der Waals surface area contributed by atoms with Crippen LogP contribution in [0.25, 0.3) is 0 Å². The Bertz CT molecular complexity index is 671. The first-order valence-electron chi connectivity index (χ1n) is 8.47. The Kier molecular flexibility index (Phi) is 4.90. The molecule has 134 valence electrons. The van der Waals surface area contributed by atoms with Crippen molar-refractivity contribution in [2.75, 3.05) is 6.61 Å². The molecule has 2 aliphatic heterocycles. The number of epoxide rings is 1. The normalized spacial score (nSPS) is 35.5. The standard InChI is InChI=1S/C19H22O6/c1-10(2)18(21)23-9-13-4-5-14-11(3)19(22)25-15(14)6-12(8-20)7-16-17(13)24-16/h4,7-8,10,14-17H,3,5-6,9H2,1-2H3/b12-7+,13-4+/t14-,15+,16-,17+/m1/s1. The summed E-state index contributed by atoms with van der Waals surface area (Å²) in [5.41, 5.74) is 1.80. The van der Waals surface area contributed by atoms with Crippen LogP contribution in [0.15, 0.2) is 35.5 Å². The van der Waals surface area contributed by atoms with Crippen LogP contribution in [-0.4, -0.2) is 43.1 Å². The molecular weight excluding hydrogens is 324 g/mol. The molecule has 0 N–H and O–H groups in total. The van der Waals surface area contributed by atoms with E-state index >= 15 is 0 Å². The van der Waals surface area contributed by atoms with Crippen LogP contribution in [0, 0.1) is 11.8 Å². The smallest absolute Gasteiger partial charge is 0.334 e. The van der Waals surface area contributed by atoms with Crippen molar-refractivity contribution in [1.29, 1.82) is 0 Å². The molecule has 0 amide bonds. The molecule has 25 heavy (non-hydrogen) atoms. The lowest BCUT2D eigenvalue weighted by Gasteiger charge is -2.18. The van der Waals surface area contributed by atoms with Gasteiger partial charge in [-0.2, -0.15) is 0 Å². The highest BCUT2D eigenvalue weighted by Crippen LogP contribution is 2.38. The predicted molar refractivity (Wildman–Crippen MR) is 88.4 cm³/mol. The molecule has 0 saturated carbocycles. The third-order valence-corrected chi connectivity index (χ3v) is 4.76. The van der Waals surface area contributed by atoms with Gasteiger partial charge >= 0.3 is 11.9 Å². The van der Waals surface area contributed by atoms with Crippen molar-refractivity contribution < 1.29 is 28.6 Å². The molecule has 2 heterocycles. The van der Waals surface area contributed by atoms with Crippen molar-refractivity contribution >= 4 is 18.2 Å². The minimum Gasteiger partial charge on any atom is -0.461 e. The zero-order valence-corrected chi connectivity index (χ0v) is 14.4. The average molecular weight is 346 g/mol. The number of carbonyl (C=O) groups is 3. The molecule has 0 spiro atoms. The van der Waals surface area contributed by atoms with E-state index in [1.165, 1.54) is 0 Å². The Morgan fingerprint density at radius 1 is 1.48 bits per heavy atom. The van der Waals surface area contributed by atoms with E-state index in [1.807, 2.05) is 6.08 Å². The molecule has 0 aromatic rings. The van der Waals surface area contributed by atoms with Crippen LogP contribution < -0.4 is 0 Å². The predicted octanol–water partition coefficient (Wildman–Crippen LogP) is 1.90. The number of allylic oxidation sites excluding steroid dienone is 1. The highest BCUT2D eigenvalue weighted by molar-refractivity contribution is 5.91. The molecule has 3 aliphatic rings. The second-order valence-corrected chi connectivity index (χ2v) is 6.94. The summed E-state index contributed by atoms with van der Waals surface area (Å²) in [4.78, 5) is 34.9. The first kappa shape index (κ1) is 17.6. The Hall–Kier alpha value is -2.21. The maximum absolute atomic E-state index is 11.8. The highest BCUT2D eigenvalue weighted by Gasteiger charge is 2.44. The highest BCUT2D eigenvalue weighted by atomic mass is 16.6. The summed E-state index contributed by atoms with van der Waals surface area (Å²) in [7, 11) is 0. The fraction of sp³-hybridized carbons (Fsp3) is 0.526. The molecule has 6 heteroatoms. The van der Waals surface area contributed by atoms with Gasteiger partial charge in [0.15, 0.2) is 0 Å². The van der Waals surface area contributed by atoms with Crippen molar-refractivity contribution in [3.63, 3.8) is 0 Å². The third-order valence-electron chi connectivity index (χ3n) is 4.76. The van der Waals surface area contributed by atoms with Gasteiger partial charge in [0.1, 0.15) is 31.2 Å². The second kappa shape index (κ2) is 6.96. The van der Waals surface area contributed by atoms with Gasteiger partial charge in [-0.05, 0) is 23.6 Å². The molecule has 2 fully saturated rings. The molecule has 3 rings (SSSR count). The van der Waals surface area contributed by atoms with Gasteiger partial charge in [-0.1, -0.05) is 26.5 Å². The Morgan fingerprint density at radius 3 is 2.92 bits per heavy atom. The third kappa shape index (κ3) is 3.74. The van der Waals surface area contributed by atoms with E-state index in [2.05, 4.69) is 6.58 Å². The van der Waals surface area contributed by atoms with E-state index in [1.54, 1.807) is 19.9 Å². The number of rotatable bonds is 4. The topological polar surface area (TPSA) is 82.2 Å². The fourth-order valence-corrected chi connectivity index (χ4v) is 3.15. The maximum Gasteiger partial charge on any atom is 0.334 e. The summed E-state index contributed by atoms with van der Waals surface area (Å²) in [6.07, 6.45) is 4.56. The summed E-state index contributed by atoms with van der Waals surface area (Å²) in [5, 5.41) is 0. The molecular formula is C19H22O6. The minimum absolute atomic E-state index is 0.140. The Morgan fingerprint density at radius 2 is 2.24 bits per heavy atom. The quantitative estimate of drug-likeness (QED) is 0.254. The number of aldehydes is 1. The van der Waals surface area contributed by atoms with Crippen molar-refractivity contribution in [2.45, 2.75) is 45.0 Å². The molecule has 0 radical (unpaired) electrons. The van der Waals surface area contributed by atoms with Crippen LogP contribution in [0.1, 0.15) is 26.7 Å². The van der Waals surface area contributed by atoms with Crippen LogP contribution in [-0.2, 0) is 28.6 Å². The van der Waals surface area contributed by atoms with Gasteiger partial charge in [0, 0.05) is 17.9 Å². The van der Waals surface area contributed by atoms with Gasteiger partial charge in [0.25, 0.3) is 0 Å². The van der Waals surface area contributed by atoms with E-state index in [9.17, 15) is 14.4 Å². The number of hydrogen-bond donors (Lipinski definition) is 0. The number of hydrogen-bond acceptors (Lipinski definition) is 6. The van der Waals surface area contributed by atoms with Gasteiger partial charge in [-0.15, -0.1) is 0 Å². The van der Waals surface area contributed by atoms with Crippen molar-refractivity contribution in [1.82, 2.24) is 0 Å². The summed E-state index contributed by atoms with van der Waals surface area (Å²) < 4.78 is 16.3. The van der Waals surface area contributed by atoms with Crippen LogP contribution in [0.3, 0.4) is 0 Å². The van der Waals surface area contributed by atoms with Crippen LogP contribution in [0.2, 0.25) is 0 Å². The maximum atomic E-state index is 11.8. The van der Waals surface area contributed by atoms with E-state index in [0.717, 1.165) is 11.9 Å². The second-order valence-electron chi connectivity index (χ2n) is 6.94. The fourth-order valence-electron chi connectivity index (χ4n) is 3.15. The Balaban J connectivity index is 1.81. The molecule has 2 saturated heterocycles. The molecule has 0 unspecified atom stereocenters. The molecule has 1 aliphatic carbocycles. The summed E-state index contributed by atoms with van der Waals surface area (Å²) in [6.45, 7) is 7.51. The number of fused-ring (bicyclic) bond motifs is 2. The van der Waals surface area contributed by atoms with E-state index in [4.69, 9.17) is 14.2 Å². The van der Waals surface area contributed by atoms with Crippen LogP contribution in [0.5, 0.6) is 0 Å². The minimum atomic E-state index is -0.415. The van der Waals surface area contributed by atoms with Crippen LogP contribution >= 0.6 is 0 Å². The number of ether oxygens (including phenoxy) is 3. The van der Waals surface area contributed by atoms with Crippen LogP contribution in [0.4, 0.5) is 0 Å². The SMILES string of the molecule is C=C1C(=O)O[C@H]2C/C(C=O)=C\[C@H]3O[C@H]3/C(COC(=O)C(C)C)=C/C[C@H]12. The van der Waals surface area contributed by atoms with Gasteiger partial charge in [0.05, 0.1) is 5.92 Å². The molecule has 0 aromatic carbocycles.